The predicted octanol–water partition coefficient (Wildman–Crippen LogP) is 7.17. The van der Waals surface area contributed by atoms with Gasteiger partial charge in [-0.3, -0.25) is 4.79 Å². The van der Waals surface area contributed by atoms with Gasteiger partial charge in [-0.15, -0.1) is 0 Å². The average molecular weight is 525 g/mol. The second kappa shape index (κ2) is 9.16. The number of rotatable bonds is 5. The van der Waals surface area contributed by atoms with Gasteiger partial charge in [0, 0.05) is 22.7 Å². The van der Waals surface area contributed by atoms with E-state index in [2.05, 4.69) is 36.5 Å². The van der Waals surface area contributed by atoms with Crippen molar-refractivity contribution in [3.8, 4) is 5.69 Å². The first-order chi connectivity index (χ1) is 19.6. The second-order valence-corrected chi connectivity index (χ2v) is 12.2. The van der Waals surface area contributed by atoms with Gasteiger partial charge in [-0.05, 0) is 86.6 Å². The lowest BCUT2D eigenvalue weighted by atomic mass is 9.48. The molecular formula is C35H32N4O. The third-order valence-electron chi connectivity index (χ3n) is 9.53. The largest absolute Gasteiger partial charge is 0.281 e. The number of benzene rings is 3. The highest BCUT2D eigenvalue weighted by Crippen LogP contribution is 2.61. The molecule has 0 atom stereocenters. The van der Waals surface area contributed by atoms with Crippen LogP contribution in [0.4, 0.5) is 5.69 Å². The van der Waals surface area contributed by atoms with Crippen molar-refractivity contribution in [2.24, 2.45) is 22.9 Å². The Morgan fingerprint density at radius 3 is 1.88 bits per heavy atom. The molecule has 5 aliphatic rings. The SMILES string of the molecule is O=C1C(=Cc2cn(-c3ccccc3)nc2C23CC4CC(CC(C4)C2)C3)C(c2ccccc2)=NN1c1ccccc1. The van der Waals surface area contributed by atoms with Crippen LogP contribution in [0.1, 0.15) is 55.3 Å². The van der Waals surface area contributed by atoms with Crippen LogP contribution in [0.25, 0.3) is 11.8 Å². The van der Waals surface area contributed by atoms with E-state index < -0.39 is 0 Å². The van der Waals surface area contributed by atoms with Crippen molar-refractivity contribution in [1.29, 1.82) is 0 Å². The zero-order chi connectivity index (χ0) is 26.7. The summed E-state index contributed by atoms with van der Waals surface area (Å²) in [5.41, 5.74) is 6.38. The van der Waals surface area contributed by atoms with Crippen LogP contribution in [0, 0.1) is 17.8 Å². The van der Waals surface area contributed by atoms with Gasteiger partial charge in [-0.25, -0.2) is 4.68 Å². The first kappa shape index (κ1) is 23.6. The Morgan fingerprint density at radius 2 is 1.27 bits per heavy atom. The molecule has 9 rings (SSSR count). The van der Waals surface area contributed by atoms with Crippen LogP contribution >= 0.6 is 0 Å². The smallest absolute Gasteiger partial charge is 0.267 e. The number of aromatic nitrogens is 2. The van der Waals surface area contributed by atoms with E-state index >= 15 is 0 Å². The van der Waals surface area contributed by atoms with Gasteiger partial charge < -0.3 is 0 Å². The Balaban J connectivity index is 1.29. The molecular weight excluding hydrogens is 492 g/mol. The third kappa shape index (κ3) is 3.87. The summed E-state index contributed by atoms with van der Waals surface area (Å²) in [6.07, 6.45) is 12.0. The molecule has 4 aliphatic carbocycles. The van der Waals surface area contributed by atoms with E-state index in [-0.39, 0.29) is 11.3 Å². The lowest BCUT2D eigenvalue weighted by Crippen LogP contribution is -2.49. The highest BCUT2D eigenvalue weighted by atomic mass is 16.2. The number of carbonyl (C=O) groups excluding carboxylic acids is 1. The molecule has 3 aromatic carbocycles. The van der Waals surface area contributed by atoms with Crippen LogP contribution in [-0.2, 0) is 10.2 Å². The van der Waals surface area contributed by atoms with Gasteiger partial charge >= 0.3 is 0 Å². The van der Waals surface area contributed by atoms with Gasteiger partial charge in [0.15, 0.2) is 0 Å². The van der Waals surface area contributed by atoms with E-state index in [4.69, 9.17) is 10.2 Å². The van der Waals surface area contributed by atoms with E-state index in [1.54, 1.807) is 5.01 Å². The highest BCUT2D eigenvalue weighted by Gasteiger charge is 2.53. The zero-order valence-corrected chi connectivity index (χ0v) is 22.5. The molecule has 1 aromatic heterocycles. The zero-order valence-electron chi connectivity index (χ0n) is 22.5. The van der Waals surface area contributed by atoms with Gasteiger partial charge in [-0.2, -0.15) is 15.2 Å². The Kier molecular flexibility index (Phi) is 5.41. The number of hydrazone groups is 1. The summed E-state index contributed by atoms with van der Waals surface area (Å²) in [6, 6.07) is 30.1. The molecule has 1 amide bonds. The molecule has 1 aliphatic heterocycles. The summed E-state index contributed by atoms with van der Waals surface area (Å²) in [5, 5.41) is 11.7. The number of hydrogen-bond acceptors (Lipinski definition) is 3. The lowest BCUT2D eigenvalue weighted by molar-refractivity contribution is -0.114. The highest BCUT2D eigenvalue weighted by molar-refractivity contribution is 6.37. The summed E-state index contributed by atoms with van der Waals surface area (Å²) in [5.74, 6) is 2.30. The molecule has 0 radical (unpaired) electrons. The van der Waals surface area contributed by atoms with Crippen LogP contribution in [-0.4, -0.2) is 21.4 Å². The predicted molar refractivity (Wildman–Crippen MR) is 158 cm³/mol. The van der Waals surface area contributed by atoms with Crippen molar-refractivity contribution in [3.63, 3.8) is 0 Å². The number of amides is 1. The van der Waals surface area contributed by atoms with Crippen molar-refractivity contribution in [1.82, 2.24) is 9.78 Å². The van der Waals surface area contributed by atoms with Crippen LogP contribution in [0.2, 0.25) is 0 Å². The van der Waals surface area contributed by atoms with E-state index in [0.717, 1.165) is 40.3 Å². The maximum atomic E-state index is 14.0. The van der Waals surface area contributed by atoms with E-state index in [1.165, 1.54) is 44.2 Å². The van der Waals surface area contributed by atoms with Gasteiger partial charge in [0.25, 0.3) is 5.91 Å². The molecule has 0 N–H and O–H groups in total. The minimum Gasteiger partial charge on any atom is -0.267 e. The molecule has 4 bridgehead atoms. The summed E-state index contributed by atoms with van der Waals surface area (Å²) in [6.45, 7) is 0. The van der Waals surface area contributed by atoms with Crippen molar-refractivity contribution >= 4 is 23.4 Å². The number of para-hydroxylation sites is 2. The maximum absolute atomic E-state index is 14.0. The lowest BCUT2D eigenvalue weighted by Gasteiger charge is -2.56. The fraction of sp³-hybridized carbons (Fsp3) is 0.286. The summed E-state index contributed by atoms with van der Waals surface area (Å²) in [7, 11) is 0. The standard InChI is InChI=1S/C35H32N4O/c40-34-31(32(27-10-4-1-5-11-27)36-39(34)30-14-8-3-9-15-30)19-28-23-38(29-12-6-2-7-13-29)37-33(28)35-20-24-16-25(21-35)18-26(17-24)22-35/h1-15,19,23-26H,16-18,20-22H2. The number of nitrogens with zero attached hydrogens (tertiary/aromatic N) is 4. The summed E-state index contributed by atoms with van der Waals surface area (Å²) >= 11 is 0. The molecule has 4 saturated carbocycles. The van der Waals surface area contributed by atoms with Crippen LogP contribution in [0.5, 0.6) is 0 Å². The van der Waals surface area contributed by atoms with Crippen LogP contribution in [0.3, 0.4) is 0 Å². The monoisotopic (exact) mass is 524 g/mol. The Hall–Kier alpha value is -4.25. The molecule has 198 valence electrons. The number of carbonyl (C=O) groups is 1. The molecule has 2 heterocycles. The number of anilines is 1. The topological polar surface area (TPSA) is 50.5 Å². The van der Waals surface area contributed by atoms with Crippen molar-refractivity contribution in [2.75, 3.05) is 5.01 Å². The fourth-order valence-electron chi connectivity index (χ4n) is 8.27. The van der Waals surface area contributed by atoms with Crippen LogP contribution in [0.15, 0.2) is 108 Å². The van der Waals surface area contributed by atoms with E-state index in [1.807, 2.05) is 71.4 Å². The summed E-state index contributed by atoms with van der Waals surface area (Å²) < 4.78 is 2.02. The normalized spacial score (nSPS) is 27.9. The van der Waals surface area contributed by atoms with Crippen molar-refractivity contribution in [3.05, 3.63) is 120 Å². The Labute approximate surface area is 234 Å². The molecule has 0 spiro atoms. The average Bonchev–Trinajstić information content (AvgIpc) is 3.56. The fourth-order valence-corrected chi connectivity index (χ4v) is 8.27. The number of hydrogen-bond donors (Lipinski definition) is 0. The van der Waals surface area contributed by atoms with Gasteiger partial charge in [0.1, 0.15) is 5.71 Å². The van der Waals surface area contributed by atoms with Gasteiger partial charge in [0.05, 0.1) is 22.6 Å². The third-order valence-corrected chi connectivity index (χ3v) is 9.53. The first-order valence-corrected chi connectivity index (χ1v) is 14.6. The first-order valence-electron chi connectivity index (χ1n) is 14.6. The maximum Gasteiger partial charge on any atom is 0.281 e. The molecule has 5 heteroatoms. The Morgan fingerprint density at radius 1 is 0.725 bits per heavy atom. The molecule has 5 nitrogen and oxygen atoms in total. The van der Waals surface area contributed by atoms with Crippen molar-refractivity contribution in [2.45, 2.75) is 43.9 Å². The van der Waals surface area contributed by atoms with Crippen LogP contribution < -0.4 is 5.01 Å². The van der Waals surface area contributed by atoms with E-state index in [0.29, 0.717) is 11.3 Å². The van der Waals surface area contributed by atoms with E-state index in [9.17, 15) is 4.79 Å². The van der Waals surface area contributed by atoms with Crippen molar-refractivity contribution < 1.29 is 4.79 Å². The molecule has 4 aromatic rings. The summed E-state index contributed by atoms with van der Waals surface area (Å²) in [4.78, 5) is 14.0. The second-order valence-electron chi connectivity index (χ2n) is 12.2. The molecule has 0 saturated heterocycles. The Bertz CT molecular complexity index is 1600. The minimum atomic E-state index is -0.103. The molecule has 4 fully saturated rings. The molecule has 0 unspecified atom stereocenters. The van der Waals surface area contributed by atoms with Gasteiger partial charge in [0.2, 0.25) is 0 Å². The minimum absolute atomic E-state index is 0.0893. The molecule has 40 heavy (non-hydrogen) atoms. The van der Waals surface area contributed by atoms with Gasteiger partial charge in [-0.1, -0.05) is 66.7 Å². The quantitative estimate of drug-likeness (QED) is 0.260.